The molecule has 0 unspecified atom stereocenters. The van der Waals surface area contributed by atoms with Gasteiger partial charge in [0, 0.05) is 42.9 Å². The molecular formula is C18H19BrN6O. The Hall–Kier alpha value is -2.66. The normalized spacial score (nSPS) is 18.2. The quantitative estimate of drug-likeness (QED) is 0.548. The van der Waals surface area contributed by atoms with Gasteiger partial charge >= 0.3 is 0 Å². The second kappa shape index (κ2) is 8.63. The number of rotatable bonds is 6. The molecule has 1 fully saturated rings. The van der Waals surface area contributed by atoms with Gasteiger partial charge in [0.05, 0.1) is 11.4 Å². The Morgan fingerprint density at radius 2 is 2.38 bits per heavy atom. The van der Waals surface area contributed by atoms with E-state index in [1.54, 1.807) is 18.5 Å². The molecule has 0 atom stereocenters. The number of likely N-dealkylation sites (tertiary alicyclic amines) is 1. The molecule has 1 aromatic heterocycles. The molecule has 7 nitrogen and oxygen atoms in total. The zero-order valence-corrected chi connectivity index (χ0v) is 15.8. The van der Waals surface area contributed by atoms with Crippen LogP contribution in [0.3, 0.4) is 0 Å². The Bertz CT molecular complexity index is 823. The third-order valence-electron chi connectivity index (χ3n) is 4.14. The van der Waals surface area contributed by atoms with Crippen LogP contribution in [0.2, 0.25) is 0 Å². The molecule has 1 aromatic rings. The lowest BCUT2D eigenvalue weighted by atomic mass is 10.1. The number of allylic oxidation sites excluding steroid dienone is 4. The van der Waals surface area contributed by atoms with Gasteiger partial charge in [-0.15, -0.1) is 0 Å². The van der Waals surface area contributed by atoms with Crippen molar-refractivity contribution in [1.29, 1.82) is 5.26 Å². The van der Waals surface area contributed by atoms with Gasteiger partial charge in [0.2, 0.25) is 11.9 Å². The monoisotopic (exact) mass is 414 g/mol. The molecule has 1 saturated heterocycles. The van der Waals surface area contributed by atoms with Crippen LogP contribution in [0.15, 0.2) is 40.8 Å². The van der Waals surface area contributed by atoms with Crippen molar-refractivity contribution in [1.82, 2.24) is 20.2 Å². The van der Waals surface area contributed by atoms with Gasteiger partial charge in [-0.2, -0.15) is 5.26 Å². The van der Waals surface area contributed by atoms with Gasteiger partial charge in [0.1, 0.15) is 11.6 Å². The standard InChI is InChI=1S/C18H19BrN6O/c19-14-4-1-7-21-17(14)13(12-20)15-6-9-23-18(24-15)22-8-3-11-25-10-2-5-16(25)26/h1,4,6-7,9,21H,2-3,5,8,10-11H2,(H,22,23,24)/b17-13-. The summed E-state index contributed by atoms with van der Waals surface area (Å²) >= 11 is 3.45. The topological polar surface area (TPSA) is 93.9 Å². The number of nitriles is 1. The minimum Gasteiger partial charge on any atom is -0.360 e. The Kier molecular flexibility index (Phi) is 6.02. The number of halogens is 1. The van der Waals surface area contributed by atoms with Crippen LogP contribution in [0.4, 0.5) is 5.95 Å². The van der Waals surface area contributed by atoms with E-state index in [1.165, 1.54) is 0 Å². The van der Waals surface area contributed by atoms with Crippen molar-refractivity contribution in [2.75, 3.05) is 25.0 Å². The van der Waals surface area contributed by atoms with Crippen molar-refractivity contribution >= 4 is 33.4 Å². The molecule has 0 spiro atoms. The van der Waals surface area contributed by atoms with Crippen LogP contribution in [-0.4, -0.2) is 40.4 Å². The van der Waals surface area contributed by atoms with Gasteiger partial charge in [-0.3, -0.25) is 4.79 Å². The summed E-state index contributed by atoms with van der Waals surface area (Å²) in [4.78, 5) is 22.1. The van der Waals surface area contributed by atoms with Crippen LogP contribution in [-0.2, 0) is 4.79 Å². The molecule has 2 aliphatic rings. The minimum atomic E-state index is 0.237. The summed E-state index contributed by atoms with van der Waals surface area (Å²) in [5.74, 6) is 0.705. The van der Waals surface area contributed by atoms with Crippen LogP contribution in [0, 0.1) is 11.3 Å². The van der Waals surface area contributed by atoms with Gasteiger partial charge in [-0.1, -0.05) is 0 Å². The third-order valence-corrected chi connectivity index (χ3v) is 4.80. The first kappa shape index (κ1) is 18.1. The highest BCUT2D eigenvalue weighted by Crippen LogP contribution is 2.26. The van der Waals surface area contributed by atoms with E-state index in [4.69, 9.17) is 0 Å². The molecule has 0 aromatic carbocycles. The minimum absolute atomic E-state index is 0.237. The van der Waals surface area contributed by atoms with Crippen molar-refractivity contribution in [2.45, 2.75) is 19.3 Å². The van der Waals surface area contributed by atoms with E-state index in [9.17, 15) is 10.1 Å². The number of nitrogens with zero attached hydrogens (tertiary/aromatic N) is 4. The van der Waals surface area contributed by atoms with E-state index in [0.29, 0.717) is 35.9 Å². The summed E-state index contributed by atoms with van der Waals surface area (Å²) in [5.41, 5.74) is 1.65. The number of hydrogen-bond acceptors (Lipinski definition) is 6. The average molecular weight is 415 g/mol. The SMILES string of the molecule is N#C/C(=C1/NC=CC=C1Br)c1ccnc(NCCCN2CCCC2=O)n1. The molecule has 134 valence electrons. The number of aromatic nitrogens is 2. The summed E-state index contributed by atoms with van der Waals surface area (Å²) in [6.07, 6.45) is 9.55. The first-order valence-electron chi connectivity index (χ1n) is 8.47. The van der Waals surface area contributed by atoms with Crippen LogP contribution in [0.5, 0.6) is 0 Å². The number of carbonyl (C=O) groups excluding carboxylic acids is 1. The first-order chi connectivity index (χ1) is 12.7. The lowest BCUT2D eigenvalue weighted by molar-refractivity contribution is -0.127. The lowest BCUT2D eigenvalue weighted by Gasteiger charge is -2.15. The maximum atomic E-state index is 11.6. The molecular weight excluding hydrogens is 396 g/mol. The van der Waals surface area contributed by atoms with Crippen LogP contribution in [0.25, 0.3) is 5.57 Å². The number of carbonyl (C=O) groups is 1. The van der Waals surface area contributed by atoms with Gasteiger partial charge in [-0.25, -0.2) is 9.97 Å². The Balaban J connectivity index is 1.63. The van der Waals surface area contributed by atoms with E-state index < -0.39 is 0 Å². The molecule has 8 heteroatoms. The Labute approximate surface area is 160 Å². The first-order valence-corrected chi connectivity index (χ1v) is 9.27. The summed E-state index contributed by atoms with van der Waals surface area (Å²) in [6, 6.07) is 3.91. The molecule has 3 rings (SSSR count). The Morgan fingerprint density at radius 3 is 3.12 bits per heavy atom. The highest BCUT2D eigenvalue weighted by atomic mass is 79.9. The van der Waals surface area contributed by atoms with E-state index in [0.717, 1.165) is 30.4 Å². The highest BCUT2D eigenvalue weighted by Gasteiger charge is 2.19. The number of amides is 1. The smallest absolute Gasteiger partial charge is 0.223 e. The fourth-order valence-corrected chi connectivity index (χ4v) is 3.31. The third kappa shape index (κ3) is 4.29. The fraction of sp³-hybridized carbons (Fsp3) is 0.333. The van der Waals surface area contributed by atoms with Crippen molar-refractivity contribution in [3.63, 3.8) is 0 Å². The molecule has 0 radical (unpaired) electrons. The lowest BCUT2D eigenvalue weighted by Crippen LogP contribution is -2.27. The summed E-state index contributed by atoms with van der Waals surface area (Å²) in [6.45, 7) is 2.26. The number of dihydropyridines is 1. The van der Waals surface area contributed by atoms with E-state index in [1.807, 2.05) is 17.1 Å². The van der Waals surface area contributed by atoms with Crippen molar-refractivity contribution < 1.29 is 4.79 Å². The van der Waals surface area contributed by atoms with Gasteiger partial charge in [0.25, 0.3) is 0 Å². The van der Waals surface area contributed by atoms with Gasteiger partial charge < -0.3 is 15.5 Å². The fourth-order valence-electron chi connectivity index (χ4n) is 2.84. The molecule has 0 bridgehead atoms. The molecule has 0 aliphatic carbocycles. The second-order valence-electron chi connectivity index (χ2n) is 5.91. The largest absolute Gasteiger partial charge is 0.360 e. The number of hydrogen-bond donors (Lipinski definition) is 2. The van der Waals surface area contributed by atoms with Gasteiger partial charge in [0.15, 0.2) is 0 Å². The highest BCUT2D eigenvalue weighted by molar-refractivity contribution is 9.12. The van der Waals surface area contributed by atoms with E-state index >= 15 is 0 Å². The zero-order chi connectivity index (χ0) is 18.4. The number of anilines is 1. The number of nitrogens with one attached hydrogen (secondary N) is 2. The van der Waals surface area contributed by atoms with E-state index in [-0.39, 0.29) is 5.91 Å². The second-order valence-corrected chi connectivity index (χ2v) is 6.76. The Morgan fingerprint density at radius 1 is 1.50 bits per heavy atom. The van der Waals surface area contributed by atoms with Crippen molar-refractivity contribution in [2.24, 2.45) is 0 Å². The predicted octanol–water partition coefficient (Wildman–Crippen LogP) is 2.53. The molecule has 26 heavy (non-hydrogen) atoms. The molecule has 2 aliphatic heterocycles. The van der Waals surface area contributed by atoms with E-state index in [2.05, 4.69) is 42.6 Å². The molecule has 1 amide bonds. The van der Waals surface area contributed by atoms with Crippen LogP contribution in [0.1, 0.15) is 25.0 Å². The van der Waals surface area contributed by atoms with Crippen molar-refractivity contribution in [3.05, 3.63) is 46.5 Å². The summed E-state index contributed by atoms with van der Waals surface area (Å²) < 4.78 is 0.792. The van der Waals surface area contributed by atoms with Crippen molar-refractivity contribution in [3.8, 4) is 6.07 Å². The summed E-state index contributed by atoms with van der Waals surface area (Å²) in [5, 5.41) is 15.8. The molecule has 0 saturated carbocycles. The van der Waals surface area contributed by atoms with Gasteiger partial charge in [-0.05, 0) is 47.0 Å². The maximum absolute atomic E-state index is 11.6. The van der Waals surface area contributed by atoms with Crippen LogP contribution >= 0.6 is 15.9 Å². The molecule has 2 N–H and O–H groups in total. The average Bonchev–Trinajstić information content (AvgIpc) is 3.06. The zero-order valence-electron chi connectivity index (χ0n) is 14.2. The maximum Gasteiger partial charge on any atom is 0.223 e. The predicted molar refractivity (Wildman–Crippen MR) is 103 cm³/mol. The van der Waals surface area contributed by atoms with Crippen LogP contribution < -0.4 is 10.6 Å². The molecule has 3 heterocycles. The summed E-state index contributed by atoms with van der Waals surface area (Å²) in [7, 11) is 0.